The molecular formula is C70H67BSi. The summed E-state index contributed by atoms with van der Waals surface area (Å²) in [7, 11) is -2.58. The Kier molecular flexibility index (Phi) is 11.8. The molecule has 0 heterocycles. The molecule has 354 valence electrons. The van der Waals surface area contributed by atoms with Crippen LogP contribution in [-0.4, -0.2) is 14.8 Å². The number of hydrogen-bond acceptors (Lipinski definition) is 0. The predicted octanol–water partition coefficient (Wildman–Crippen LogP) is 12.6. The topological polar surface area (TPSA) is 0 Å². The molecule has 13 rings (SSSR count). The summed E-state index contributed by atoms with van der Waals surface area (Å²) >= 11 is 0. The normalized spacial score (nSPS) is 20.1. The second kappa shape index (κ2) is 18.4. The van der Waals surface area contributed by atoms with Gasteiger partial charge in [-0.25, -0.2) is 0 Å². The van der Waals surface area contributed by atoms with Crippen molar-refractivity contribution in [3.8, 4) is 22.3 Å². The zero-order valence-electron chi connectivity index (χ0n) is 43.2. The van der Waals surface area contributed by atoms with Crippen molar-refractivity contribution >= 4 is 51.9 Å². The van der Waals surface area contributed by atoms with Gasteiger partial charge in [0.15, 0.2) is 8.07 Å². The number of aryl methyl sites for hydroxylation is 6. The molecule has 4 aliphatic rings. The van der Waals surface area contributed by atoms with E-state index in [1.807, 2.05) is 0 Å². The fourth-order valence-corrected chi connectivity index (χ4v) is 20.4. The van der Waals surface area contributed by atoms with E-state index < -0.39 is 8.07 Å². The highest BCUT2D eigenvalue weighted by atomic mass is 28.3. The van der Waals surface area contributed by atoms with Crippen molar-refractivity contribution in [2.45, 2.75) is 90.9 Å². The molecule has 0 aromatic heterocycles. The van der Waals surface area contributed by atoms with E-state index in [2.05, 4.69) is 254 Å². The molecule has 4 bridgehead atoms. The van der Waals surface area contributed by atoms with Gasteiger partial charge in [-0.05, 0) is 163 Å². The molecular weight excluding hydrogens is 880 g/mol. The molecule has 2 atom stereocenters. The lowest BCUT2D eigenvalue weighted by atomic mass is 9.34. The lowest BCUT2D eigenvalue weighted by Gasteiger charge is -2.63. The Morgan fingerprint density at radius 2 is 0.736 bits per heavy atom. The first kappa shape index (κ1) is 46.3. The Balaban J connectivity index is 0.855. The summed E-state index contributed by atoms with van der Waals surface area (Å²) in [4.78, 5) is 0. The molecule has 0 nitrogen and oxygen atoms in total. The van der Waals surface area contributed by atoms with Crippen molar-refractivity contribution in [1.82, 2.24) is 0 Å². The van der Waals surface area contributed by atoms with E-state index in [0.717, 1.165) is 11.8 Å². The third-order valence-corrected chi connectivity index (χ3v) is 22.7. The van der Waals surface area contributed by atoms with Crippen LogP contribution >= 0.6 is 0 Å². The number of rotatable bonds is 11. The van der Waals surface area contributed by atoms with Gasteiger partial charge in [-0.3, -0.25) is 0 Å². The second-order valence-corrected chi connectivity index (χ2v) is 26.6. The van der Waals surface area contributed by atoms with Crippen LogP contribution in [0.2, 0.25) is 0 Å². The summed E-state index contributed by atoms with van der Waals surface area (Å²) < 4.78 is 0. The smallest absolute Gasteiger partial charge is 0.0680 e. The van der Waals surface area contributed by atoms with Crippen LogP contribution in [0.15, 0.2) is 212 Å². The Hall–Kier alpha value is -6.74. The van der Waals surface area contributed by atoms with Crippen molar-refractivity contribution < 1.29 is 0 Å². The third kappa shape index (κ3) is 7.98. The SMILES string of the molecule is Cc1cc(C)c(B(c2cccc(-c3cccc(-c4ccc(C56CC7CC(C5)CC(c5ccc([Si](c8ccccc8)(c8ccccc8)c8ccccc8)cc5)(C7)C6)cc4)c3)c2)c2c(C)cc(C)cc2C)c(C)c1. The average Bonchev–Trinajstić information content (AvgIpc) is 3.39. The molecule has 0 spiro atoms. The Bertz CT molecular complexity index is 3210. The average molecular weight is 947 g/mol. The van der Waals surface area contributed by atoms with E-state index in [4.69, 9.17) is 0 Å². The first-order valence-corrected chi connectivity index (χ1v) is 28.8. The van der Waals surface area contributed by atoms with Gasteiger partial charge in [0.2, 0.25) is 6.71 Å². The minimum absolute atomic E-state index is 0.144. The highest BCUT2D eigenvalue weighted by molar-refractivity contribution is 7.19. The van der Waals surface area contributed by atoms with Crippen LogP contribution in [0.25, 0.3) is 22.3 Å². The Labute approximate surface area is 431 Å². The maximum Gasteiger partial charge on any atom is 0.242 e. The molecule has 0 saturated heterocycles. The Morgan fingerprint density at radius 1 is 0.361 bits per heavy atom. The number of benzene rings is 9. The van der Waals surface area contributed by atoms with E-state index in [1.165, 1.54) is 131 Å². The van der Waals surface area contributed by atoms with Crippen LogP contribution in [0, 0.1) is 53.4 Å². The van der Waals surface area contributed by atoms with E-state index in [9.17, 15) is 0 Å². The molecule has 2 unspecified atom stereocenters. The monoisotopic (exact) mass is 947 g/mol. The van der Waals surface area contributed by atoms with Gasteiger partial charge in [-0.15, -0.1) is 0 Å². The van der Waals surface area contributed by atoms with Crippen LogP contribution in [0.5, 0.6) is 0 Å². The van der Waals surface area contributed by atoms with E-state index in [-0.39, 0.29) is 17.5 Å². The van der Waals surface area contributed by atoms with Gasteiger partial charge in [-0.2, -0.15) is 0 Å². The van der Waals surface area contributed by atoms with Gasteiger partial charge >= 0.3 is 0 Å². The fraction of sp³-hybridized carbons (Fsp3) is 0.229. The van der Waals surface area contributed by atoms with Gasteiger partial charge < -0.3 is 0 Å². The fourth-order valence-electron chi connectivity index (χ4n) is 15.6. The predicted molar refractivity (Wildman–Crippen MR) is 311 cm³/mol. The van der Waals surface area contributed by atoms with E-state index in [1.54, 1.807) is 11.1 Å². The molecule has 0 aliphatic heterocycles. The lowest BCUT2D eigenvalue weighted by Crippen LogP contribution is -2.74. The zero-order valence-corrected chi connectivity index (χ0v) is 44.2. The minimum Gasteiger partial charge on any atom is -0.0680 e. The van der Waals surface area contributed by atoms with Gasteiger partial charge in [0, 0.05) is 0 Å². The van der Waals surface area contributed by atoms with Crippen molar-refractivity contribution in [3.63, 3.8) is 0 Å². The molecule has 4 saturated carbocycles. The largest absolute Gasteiger partial charge is 0.242 e. The maximum atomic E-state index is 2.58. The molecule has 0 radical (unpaired) electrons. The van der Waals surface area contributed by atoms with Gasteiger partial charge in [-0.1, -0.05) is 256 Å². The minimum atomic E-state index is -2.58. The van der Waals surface area contributed by atoms with Gasteiger partial charge in [0.1, 0.15) is 0 Å². The van der Waals surface area contributed by atoms with Crippen LogP contribution in [0.4, 0.5) is 0 Å². The van der Waals surface area contributed by atoms with Crippen LogP contribution in [0.1, 0.15) is 83.0 Å². The highest BCUT2D eigenvalue weighted by Gasteiger charge is 2.58. The van der Waals surface area contributed by atoms with Crippen molar-refractivity contribution in [1.29, 1.82) is 0 Å². The quantitative estimate of drug-likeness (QED) is 0.0895. The molecule has 0 amide bonds. The number of hydrogen-bond donors (Lipinski definition) is 0. The summed E-state index contributed by atoms with van der Waals surface area (Å²) in [6, 6.07) is 82.4. The van der Waals surface area contributed by atoms with E-state index >= 15 is 0 Å². The van der Waals surface area contributed by atoms with Crippen LogP contribution in [-0.2, 0) is 10.8 Å². The summed E-state index contributed by atoms with van der Waals surface area (Å²) in [6.45, 7) is 13.8. The van der Waals surface area contributed by atoms with Gasteiger partial charge in [0.05, 0.1) is 0 Å². The molecule has 2 heteroatoms. The first-order chi connectivity index (χ1) is 35.0. The maximum absolute atomic E-state index is 2.58. The van der Waals surface area contributed by atoms with Crippen LogP contribution < -0.4 is 37.1 Å². The summed E-state index contributed by atoms with van der Waals surface area (Å²) in [5.41, 5.74) is 21.0. The summed E-state index contributed by atoms with van der Waals surface area (Å²) in [5, 5.41) is 5.77. The standard InChI is InChI=1S/C70H67BSi/c1-48-36-50(3)67(51(4)37-48)71(68-52(5)38-49(2)39-53(68)6)62-21-17-20-59(42-62)58-19-16-18-57(41-58)56-28-30-60(31-29-56)69-43-54-40-55(44-69)46-70(45-54,47-69)61-32-34-66(35-33-61)72(63-22-10-7-11-23-63,64-24-12-8-13-25-64)65-26-14-9-15-27-65/h7-39,41-42,54-55H,40,43-47H2,1-6H3. The van der Waals surface area contributed by atoms with Crippen molar-refractivity contribution in [2.75, 3.05) is 0 Å². The molecule has 9 aromatic carbocycles. The Morgan fingerprint density at radius 3 is 1.18 bits per heavy atom. The highest BCUT2D eigenvalue weighted by Crippen LogP contribution is 2.66. The third-order valence-electron chi connectivity index (χ3n) is 17.9. The summed E-state index contributed by atoms with van der Waals surface area (Å²) in [6.07, 6.45) is 7.94. The molecule has 4 aliphatic carbocycles. The van der Waals surface area contributed by atoms with E-state index in [0.29, 0.717) is 0 Å². The first-order valence-electron chi connectivity index (χ1n) is 26.8. The van der Waals surface area contributed by atoms with Crippen molar-refractivity contribution in [2.24, 2.45) is 11.8 Å². The van der Waals surface area contributed by atoms with Gasteiger partial charge in [0.25, 0.3) is 0 Å². The zero-order chi connectivity index (χ0) is 49.2. The van der Waals surface area contributed by atoms with Crippen LogP contribution in [0.3, 0.4) is 0 Å². The molecule has 9 aromatic rings. The van der Waals surface area contributed by atoms with Crippen molar-refractivity contribution in [3.05, 3.63) is 257 Å². The second-order valence-electron chi connectivity index (χ2n) is 22.8. The summed E-state index contributed by atoms with van der Waals surface area (Å²) in [5.74, 6) is 1.56. The molecule has 4 fully saturated rings. The lowest BCUT2D eigenvalue weighted by molar-refractivity contribution is -0.0281. The molecule has 0 N–H and O–H groups in total. The molecule has 72 heavy (non-hydrogen) atoms.